The van der Waals surface area contributed by atoms with E-state index in [1.54, 1.807) is 0 Å². The standard InChI is InChI=1S/C13H14N2O6S/c16-13(17)12-9-6-5-8(9)7-14(12)22(20,21)11-4-2-1-3-10(11)15(18)19/h1-4,8-9,12H,5-7H2,(H,16,17). The highest BCUT2D eigenvalue weighted by Crippen LogP contribution is 2.47. The van der Waals surface area contributed by atoms with Crippen LogP contribution in [0.1, 0.15) is 12.8 Å². The fourth-order valence-corrected chi connectivity index (χ4v) is 5.15. The van der Waals surface area contributed by atoms with Gasteiger partial charge in [0.1, 0.15) is 6.04 Å². The summed E-state index contributed by atoms with van der Waals surface area (Å²) in [6.07, 6.45) is 1.46. The monoisotopic (exact) mass is 326 g/mol. The smallest absolute Gasteiger partial charge is 0.322 e. The number of nitro groups is 1. The number of sulfonamides is 1. The van der Waals surface area contributed by atoms with E-state index in [0.29, 0.717) is 6.42 Å². The van der Waals surface area contributed by atoms with Crippen molar-refractivity contribution in [1.82, 2.24) is 4.31 Å². The lowest BCUT2D eigenvalue weighted by molar-refractivity contribution is -0.387. The first kappa shape index (κ1) is 14.9. The molecule has 1 aromatic carbocycles. The summed E-state index contributed by atoms with van der Waals surface area (Å²) in [5.74, 6) is -1.37. The number of para-hydroxylation sites is 1. The van der Waals surface area contributed by atoms with Crippen LogP contribution >= 0.6 is 0 Å². The lowest BCUT2D eigenvalue weighted by Gasteiger charge is -2.31. The zero-order valence-electron chi connectivity index (χ0n) is 11.5. The fourth-order valence-electron chi connectivity index (χ4n) is 3.30. The van der Waals surface area contributed by atoms with E-state index < -0.39 is 37.5 Å². The summed E-state index contributed by atoms with van der Waals surface area (Å²) in [5.41, 5.74) is -0.536. The van der Waals surface area contributed by atoms with Crippen LogP contribution < -0.4 is 0 Å². The van der Waals surface area contributed by atoms with Gasteiger partial charge in [-0.15, -0.1) is 0 Å². The van der Waals surface area contributed by atoms with E-state index >= 15 is 0 Å². The van der Waals surface area contributed by atoms with Crippen molar-refractivity contribution in [3.8, 4) is 0 Å². The highest BCUT2D eigenvalue weighted by molar-refractivity contribution is 7.89. The lowest BCUT2D eigenvalue weighted by Crippen LogP contribution is -2.44. The Balaban J connectivity index is 2.07. The molecule has 0 bridgehead atoms. The molecule has 22 heavy (non-hydrogen) atoms. The number of nitrogens with zero attached hydrogens (tertiary/aromatic N) is 2. The third kappa shape index (κ3) is 2.08. The Bertz CT molecular complexity index is 747. The van der Waals surface area contributed by atoms with Crippen molar-refractivity contribution in [2.24, 2.45) is 11.8 Å². The summed E-state index contributed by atoms with van der Waals surface area (Å²) in [7, 11) is -4.22. The number of hydrogen-bond acceptors (Lipinski definition) is 5. The van der Waals surface area contributed by atoms with Crippen LogP contribution in [0, 0.1) is 22.0 Å². The Hall–Kier alpha value is -2.00. The molecule has 1 saturated carbocycles. The molecule has 3 atom stereocenters. The van der Waals surface area contributed by atoms with Gasteiger partial charge >= 0.3 is 5.97 Å². The molecule has 2 fully saturated rings. The van der Waals surface area contributed by atoms with E-state index in [4.69, 9.17) is 0 Å². The number of carbonyl (C=O) groups is 1. The Labute approximate surface area is 126 Å². The largest absolute Gasteiger partial charge is 0.480 e. The van der Waals surface area contributed by atoms with E-state index in [9.17, 15) is 28.4 Å². The van der Waals surface area contributed by atoms with Gasteiger partial charge in [-0.3, -0.25) is 14.9 Å². The Kier molecular flexibility index (Phi) is 3.41. The minimum Gasteiger partial charge on any atom is -0.480 e. The summed E-state index contributed by atoms with van der Waals surface area (Å²) >= 11 is 0. The molecule has 0 amide bonds. The summed E-state index contributed by atoms with van der Waals surface area (Å²) in [6.45, 7) is 0.107. The van der Waals surface area contributed by atoms with Crippen LogP contribution in [0.2, 0.25) is 0 Å². The predicted octanol–water partition coefficient (Wildman–Crippen LogP) is 1.08. The van der Waals surface area contributed by atoms with Crippen LogP contribution in [0.4, 0.5) is 5.69 Å². The van der Waals surface area contributed by atoms with Crippen LogP contribution in [-0.2, 0) is 14.8 Å². The van der Waals surface area contributed by atoms with Crippen molar-refractivity contribution in [1.29, 1.82) is 0 Å². The molecule has 1 heterocycles. The van der Waals surface area contributed by atoms with Gasteiger partial charge in [-0.1, -0.05) is 12.1 Å². The highest BCUT2D eigenvalue weighted by Gasteiger charge is 2.55. The van der Waals surface area contributed by atoms with Gasteiger partial charge in [0, 0.05) is 12.6 Å². The average molecular weight is 326 g/mol. The zero-order chi connectivity index (χ0) is 16.1. The van der Waals surface area contributed by atoms with Crippen LogP contribution in [-0.4, -0.2) is 41.3 Å². The number of aliphatic carboxylic acids is 1. The molecule has 3 unspecified atom stereocenters. The van der Waals surface area contributed by atoms with E-state index in [2.05, 4.69) is 0 Å². The molecule has 1 aliphatic carbocycles. The summed E-state index contributed by atoms with van der Waals surface area (Å²) in [6, 6.07) is 3.88. The first-order chi connectivity index (χ1) is 10.3. The molecule has 0 spiro atoms. The van der Waals surface area contributed by atoms with E-state index in [0.717, 1.165) is 22.9 Å². The zero-order valence-corrected chi connectivity index (χ0v) is 12.3. The molecule has 1 saturated heterocycles. The summed E-state index contributed by atoms with van der Waals surface area (Å²) in [5, 5.41) is 20.4. The van der Waals surface area contributed by atoms with Crippen LogP contribution in [0.25, 0.3) is 0 Å². The third-order valence-electron chi connectivity index (χ3n) is 4.51. The van der Waals surface area contributed by atoms with Crippen molar-refractivity contribution in [2.75, 3.05) is 6.54 Å². The minimum atomic E-state index is -4.22. The molecule has 0 radical (unpaired) electrons. The molecule has 1 aromatic rings. The lowest BCUT2D eigenvalue weighted by atomic mass is 9.73. The number of rotatable bonds is 4. The molecule has 118 valence electrons. The van der Waals surface area contributed by atoms with Gasteiger partial charge < -0.3 is 5.11 Å². The summed E-state index contributed by atoms with van der Waals surface area (Å²) in [4.78, 5) is 21.3. The van der Waals surface area contributed by atoms with Crippen LogP contribution in [0.3, 0.4) is 0 Å². The van der Waals surface area contributed by atoms with E-state index in [-0.39, 0.29) is 18.4 Å². The number of carboxylic acids is 1. The summed E-state index contributed by atoms with van der Waals surface area (Å²) < 4.78 is 26.4. The van der Waals surface area contributed by atoms with E-state index in [1.807, 2.05) is 0 Å². The highest BCUT2D eigenvalue weighted by atomic mass is 32.2. The topological polar surface area (TPSA) is 118 Å². The van der Waals surface area contributed by atoms with E-state index in [1.165, 1.54) is 12.1 Å². The Morgan fingerprint density at radius 3 is 2.55 bits per heavy atom. The molecular formula is C13H14N2O6S. The molecule has 3 rings (SSSR count). The quantitative estimate of drug-likeness (QED) is 0.653. The van der Waals surface area contributed by atoms with Gasteiger partial charge in [0.25, 0.3) is 15.7 Å². The first-order valence-corrected chi connectivity index (χ1v) is 8.26. The van der Waals surface area contributed by atoms with Crippen molar-refractivity contribution in [2.45, 2.75) is 23.8 Å². The van der Waals surface area contributed by atoms with Crippen molar-refractivity contribution < 1.29 is 23.2 Å². The molecule has 9 heteroatoms. The normalized spacial score (nSPS) is 27.9. The molecule has 2 aliphatic rings. The SMILES string of the molecule is O=C(O)C1C2CCC2CN1S(=O)(=O)c1ccccc1[N+](=O)[O-]. The molecule has 1 N–H and O–H groups in total. The molecule has 0 aromatic heterocycles. The minimum absolute atomic E-state index is 0.0265. The van der Waals surface area contributed by atoms with Crippen LogP contribution in [0.15, 0.2) is 29.2 Å². The number of fused-ring (bicyclic) bond motifs is 1. The predicted molar refractivity (Wildman–Crippen MR) is 74.6 cm³/mol. The van der Waals surface area contributed by atoms with Crippen molar-refractivity contribution >= 4 is 21.7 Å². The molecule has 1 aliphatic heterocycles. The van der Waals surface area contributed by atoms with Crippen molar-refractivity contribution in [3.05, 3.63) is 34.4 Å². The number of benzene rings is 1. The second kappa shape index (κ2) is 5.03. The maximum Gasteiger partial charge on any atom is 0.322 e. The van der Waals surface area contributed by atoms with Gasteiger partial charge in [-0.2, -0.15) is 4.31 Å². The molecular weight excluding hydrogens is 312 g/mol. The second-order valence-electron chi connectivity index (χ2n) is 5.58. The van der Waals surface area contributed by atoms with Gasteiger partial charge in [0.2, 0.25) is 0 Å². The van der Waals surface area contributed by atoms with Crippen LogP contribution in [0.5, 0.6) is 0 Å². The first-order valence-electron chi connectivity index (χ1n) is 6.82. The van der Waals surface area contributed by atoms with Gasteiger partial charge in [0.15, 0.2) is 4.90 Å². The Morgan fingerprint density at radius 2 is 2.00 bits per heavy atom. The fraction of sp³-hybridized carbons (Fsp3) is 0.462. The Morgan fingerprint density at radius 1 is 1.32 bits per heavy atom. The average Bonchev–Trinajstić information content (AvgIpc) is 2.71. The number of carboxylic acid groups (broad SMARTS) is 1. The van der Waals surface area contributed by atoms with Crippen molar-refractivity contribution in [3.63, 3.8) is 0 Å². The second-order valence-corrected chi connectivity index (χ2v) is 7.44. The maximum absolute atomic E-state index is 12.8. The number of hydrogen-bond donors (Lipinski definition) is 1. The van der Waals surface area contributed by atoms with Gasteiger partial charge in [0.05, 0.1) is 4.92 Å². The number of nitro benzene ring substituents is 1. The maximum atomic E-state index is 12.8. The van der Waals surface area contributed by atoms with Gasteiger partial charge in [-0.25, -0.2) is 8.42 Å². The molecule has 8 nitrogen and oxygen atoms in total. The third-order valence-corrected chi connectivity index (χ3v) is 6.40. The van der Waals surface area contributed by atoms with Gasteiger partial charge in [-0.05, 0) is 30.7 Å².